The summed E-state index contributed by atoms with van der Waals surface area (Å²) < 4.78 is 27.5. The summed E-state index contributed by atoms with van der Waals surface area (Å²) in [6.45, 7) is 3.04. The molecule has 0 aromatic heterocycles. The summed E-state index contributed by atoms with van der Waals surface area (Å²) in [6, 6.07) is 8.87. The zero-order valence-corrected chi connectivity index (χ0v) is 10.1. The molecule has 0 heterocycles. The second-order valence-corrected chi connectivity index (χ2v) is 4.20. The minimum atomic E-state index is -0.625. The van der Waals surface area contributed by atoms with E-state index in [9.17, 15) is 13.6 Å². The van der Waals surface area contributed by atoms with Gasteiger partial charge in [0.25, 0.3) is 0 Å². The van der Waals surface area contributed by atoms with Crippen molar-refractivity contribution in [1.29, 1.82) is 0 Å². The van der Waals surface area contributed by atoms with E-state index in [0.717, 1.165) is 5.56 Å². The van der Waals surface area contributed by atoms with Gasteiger partial charge in [0.1, 0.15) is 11.6 Å². The van der Waals surface area contributed by atoms with Gasteiger partial charge in [-0.2, -0.15) is 0 Å². The molecule has 0 spiro atoms. The molecule has 2 aromatic carbocycles. The number of aryl methyl sites for hydroxylation is 1. The van der Waals surface area contributed by atoms with Crippen molar-refractivity contribution in [1.82, 2.24) is 0 Å². The van der Waals surface area contributed by atoms with Gasteiger partial charge in [0.2, 0.25) is 0 Å². The molecular weight excluding hydrogens is 234 g/mol. The third-order valence-corrected chi connectivity index (χ3v) is 2.78. The first-order valence-electron chi connectivity index (χ1n) is 5.56. The Morgan fingerprint density at radius 2 is 1.72 bits per heavy atom. The summed E-state index contributed by atoms with van der Waals surface area (Å²) >= 11 is 0. The monoisotopic (exact) mass is 246 g/mol. The van der Waals surface area contributed by atoms with Crippen LogP contribution in [-0.2, 0) is 0 Å². The van der Waals surface area contributed by atoms with E-state index in [-0.39, 0.29) is 11.1 Å². The van der Waals surface area contributed by atoms with Gasteiger partial charge < -0.3 is 0 Å². The summed E-state index contributed by atoms with van der Waals surface area (Å²) in [6.07, 6.45) is 0. The first kappa shape index (κ1) is 12.4. The van der Waals surface area contributed by atoms with E-state index >= 15 is 0 Å². The van der Waals surface area contributed by atoms with Crippen LogP contribution in [0.5, 0.6) is 0 Å². The van der Waals surface area contributed by atoms with Crippen molar-refractivity contribution in [3.63, 3.8) is 0 Å². The Bertz CT molecular complexity index is 618. The normalized spacial score (nSPS) is 10.4. The number of benzene rings is 2. The molecule has 0 aliphatic carbocycles. The van der Waals surface area contributed by atoms with Crippen molar-refractivity contribution in [3.8, 4) is 11.1 Å². The van der Waals surface area contributed by atoms with Crippen molar-refractivity contribution in [2.24, 2.45) is 0 Å². The van der Waals surface area contributed by atoms with E-state index in [2.05, 4.69) is 0 Å². The van der Waals surface area contributed by atoms with Crippen molar-refractivity contribution in [3.05, 3.63) is 59.2 Å². The first-order valence-corrected chi connectivity index (χ1v) is 5.56. The Morgan fingerprint density at radius 3 is 2.33 bits per heavy atom. The van der Waals surface area contributed by atoms with Crippen LogP contribution in [0.1, 0.15) is 22.8 Å². The maximum Gasteiger partial charge on any atom is 0.163 e. The van der Waals surface area contributed by atoms with Crippen LogP contribution in [-0.4, -0.2) is 5.78 Å². The zero-order valence-electron chi connectivity index (χ0n) is 10.1. The van der Waals surface area contributed by atoms with Crippen molar-refractivity contribution < 1.29 is 13.6 Å². The van der Waals surface area contributed by atoms with Gasteiger partial charge in [0.05, 0.1) is 5.56 Å². The molecular formula is C15H12F2O. The lowest BCUT2D eigenvalue weighted by atomic mass is 9.96. The molecule has 92 valence electrons. The SMILES string of the molecule is CC(=O)c1c(F)cccc1-c1ccc(C)cc1F. The van der Waals surface area contributed by atoms with E-state index in [4.69, 9.17) is 0 Å². The summed E-state index contributed by atoms with van der Waals surface area (Å²) in [4.78, 5) is 11.5. The predicted molar refractivity (Wildman–Crippen MR) is 66.5 cm³/mol. The number of halogens is 2. The van der Waals surface area contributed by atoms with E-state index in [1.165, 1.54) is 25.1 Å². The molecule has 0 radical (unpaired) electrons. The zero-order chi connectivity index (χ0) is 13.3. The van der Waals surface area contributed by atoms with Crippen molar-refractivity contribution in [2.75, 3.05) is 0 Å². The number of Topliss-reactive ketones (excluding diaryl/α,β-unsaturated/α-hetero) is 1. The fourth-order valence-electron chi connectivity index (χ4n) is 1.94. The number of ketones is 1. The topological polar surface area (TPSA) is 17.1 Å². The number of carbonyl (C=O) groups excluding carboxylic acids is 1. The van der Waals surface area contributed by atoms with Gasteiger partial charge in [-0.15, -0.1) is 0 Å². The average Bonchev–Trinajstić information content (AvgIpc) is 2.28. The average molecular weight is 246 g/mol. The molecule has 0 atom stereocenters. The molecule has 1 nitrogen and oxygen atoms in total. The Hall–Kier alpha value is -2.03. The molecule has 0 aliphatic heterocycles. The van der Waals surface area contributed by atoms with Crippen LogP contribution in [0.2, 0.25) is 0 Å². The fraction of sp³-hybridized carbons (Fsp3) is 0.133. The van der Waals surface area contributed by atoms with Crippen LogP contribution in [0, 0.1) is 18.6 Å². The third kappa shape index (κ3) is 2.16. The first-order chi connectivity index (χ1) is 8.50. The molecule has 0 N–H and O–H groups in total. The number of carbonyl (C=O) groups is 1. The van der Waals surface area contributed by atoms with E-state index in [1.807, 2.05) is 0 Å². The molecule has 0 aliphatic rings. The highest BCUT2D eigenvalue weighted by Gasteiger charge is 2.16. The molecule has 3 heteroatoms. The second kappa shape index (κ2) is 4.69. The van der Waals surface area contributed by atoms with Crippen LogP contribution in [0.3, 0.4) is 0 Å². The minimum absolute atomic E-state index is 0.0692. The van der Waals surface area contributed by atoms with Gasteiger partial charge in [-0.05, 0) is 37.1 Å². The minimum Gasteiger partial charge on any atom is -0.294 e. The highest BCUT2D eigenvalue weighted by Crippen LogP contribution is 2.28. The number of rotatable bonds is 2. The molecule has 2 rings (SSSR count). The molecule has 0 unspecified atom stereocenters. The second-order valence-electron chi connectivity index (χ2n) is 4.20. The maximum absolute atomic E-state index is 13.9. The van der Waals surface area contributed by atoms with Crippen molar-refractivity contribution in [2.45, 2.75) is 13.8 Å². The van der Waals surface area contributed by atoms with E-state index in [0.29, 0.717) is 5.56 Å². The molecule has 18 heavy (non-hydrogen) atoms. The Labute approximate surface area is 104 Å². The lowest BCUT2D eigenvalue weighted by molar-refractivity contribution is 0.101. The van der Waals surface area contributed by atoms with Crippen molar-refractivity contribution >= 4 is 5.78 Å². The van der Waals surface area contributed by atoms with Gasteiger partial charge in [-0.3, -0.25) is 4.79 Å². The van der Waals surface area contributed by atoms with E-state index in [1.54, 1.807) is 25.1 Å². The van der Waals surface area contributed by atoms with Gasteiger partial charge >= 0.3 is 0 Å². The van der Waals surface area contributed by atoms with Crippen LogP contribution in [0.4, 0.5) is 8.78 Å². The van der Waals surface area contributed by atoms with E-state index < -0.39 is 17.4 Å². The molecule has 0 saturated heterocycles. The lowest BCUT2D eigenvalue weighted by Gasteiger charge is -2.09. The molecule has 0 fully saturated rings. The summed E-state index contributed by atoms with van der Waals surface area (Å²) in [5.74, 6) is -1.49. The molecule has 0 saturated carbocycles. The number of hydrogen-bond acceptors (Lipinski definition) is 1. The maximum atomic E-state index is 13.9. The lowest BCUT2D eigenvalue weighted by Crippen LogP contribution is -2.01. The Kier molecular flexibility index (Phi) is 3.24. The standard InChI is InChI=1S/C15H12F2O/c1-9-6-7-11(14(17)8-9)12-4-3-5-13(16)15(12)10(2)18/h3-8H,1-2H3. The van der Waals surface area contributed by atoms with Crippen LogP contribution < -0.4 is 0 Å². The Morgan fingerprint density at radius 1 is 1.00 bits per heavy atom. The summed E-state index contributed by atoms with van der Waals surface area (Å²) in [5, 5.41) is 0. The smallest absolute Gasteiger partial charge is 0.163 e. The fourth-order valence-corrected chi connectivity index (χ4v) is 1.94. The Balaban J connectivity index is 2.71. The molecule has 0 bridgehead atoms. The third-order valence-electron chi connectivity index (χ3n) is 2.78. The van der Waals surface area contributed by atoms with Gasteiger partial charge in [0.15, 0.2) is 5.78 Å². The van der Waals surface area contributed by atoms with Gasteiger partial charge in [-0.25, -0.2) is 8.78 Å². The van der Waals surface area contributed by atoms with Crippen LogP contribution in [0.25, 0.3) is 11.1 Å². The molecule has 2 aromatic rings. The number of hydrogen-bond donors (Lipinski definition) is 0. The summed E-state index contributed by atoms with van der Waals surface area (Å²) in [5.41, 5.74) is 1.24. The molecule has 0 amide bonds. The predicted octanol–water partition coefficient (Wildman–Crippen LogP) is 4.14. The van der Waals surface area contributed by atoms with Crippen LogP contribution >= 0.6 is 0 Å². The van der Waals surface area contributed by atoms with Gasteiger partial charge in [-0.1, -0.05) is 24.3 Å². The van der Waals surface area contributed by atoms with Crippen LogP contribution in [0.15, 0.2) is 36.4 Å². The van der Waals surface area contributed by atoms with Gasteiger partial charge in [0, 0.05) is 5.56 Å². The highest BCUT2D eigenvalue weighted by molar-refractivity contribution is 6.01. The highest BCUT2D eigenvalue weighted by atomic mass is 19.1. The summed E-state index contributed by atoms with van der Waals surface area (Å²) in [7, 11) is 0. The largest absolute Gasteiger partial charge is 0.294 e. The quantitative estimate of drug-likeness (QED) is 0.728.